The maximum absolute atomic E-state index is 11.2. The van der Waals surface area contributed by atoms with E-state index in [2.05, 4.69) is 19.9 Å². The predicted molar refractivity (Wildman–Crippen MR) is 92.1 cm³/mol. The zero-order valence-electron chi connectivity index (χ0n) is 15.0. The molecule has 5 aliphatic rings. The monoisotopic (exact) mass is 332 g/mol. The van der Waals surface area contributed by atoms with Crippen LogP contribution in [0.2, 0.25) is 0 Å². The lowest BCUT2D eigenvalue weighted by Gasteiger charge is -2.60. The van der Waals surface area contributed by atoms with Gasteiger partial charge in [-0.2, -0.15) is 0 Å². The fourth-order valence-electron chi connectivity index (χ4n) is 8.42. The second-order valence-electron chi connectivity index (χ2n) is 10.1. The van der Waals surface area contributed by atoms with Crippen LogP contribution in [0.25, 0.3) is 0 Å². The molecule has 0 amide bonds. The van der Waals surface area contributed by atoms with Crippen LogP contribution in [0.1, 0.15) is 58.8 Å². The SMILES string of the molecule is C[C@@H]1CC2=C[C@H](O)CC[C@@H]2[C@H]2CC[C@]3(C)[C@@](O)(CO)C[C@@H]4C[C@]43[C@@H]21. The Labute approximate surface area is 145 Å². The molecular weight excluding hydrogens is 300 g/mol. The van der Waals surface area contributed by atoms with Crippen LogP contribution in [0.3, 0.4) is 0 Å². The van der Waals surface area contributed by atoms with E-state index in [-0.39, 0.29) is 23.5 Å². The first-order valence-corrected chi connectivity index (χ1v) is 10.1. The van der Waals surface area contributed by atoms with Gasteiger partial charge in [-0.3, -0.25) is 0 Å². The summed E-state index contributed by atoms with van der Waals surface area (Å²) in [5.41, 5.74) is 0.827. The Balaban J connectivity index is 1.56. The molecule has 3 nitrogen and oxygen atoms in total. The van der Waals surface area contributed by atoms with Gasteiger partial charge in [-0.05, 0) is 80.0 Å². The molecule has 0 aromatic rings. The van der Waals surface area contributed by atoms with Gasteiger partial charge in [0.1, 0.15) is 0 Å². The van der Waals surface area contributed by atoms with Crippen molar-refractivity contribution in [2.45, 2.75) is 70.5 Å². The van der Waals surface area contributed by atoms with Crippen LogP contribution in [0.15, 0.2) is 11.6 Å². The van der Waals surface area contributed by atoms with Crippen LogP contribution in [0.4, 0.5) is 0 Å². The molecule has 0 aromatic heterocycles. The minimum atomic E-state index is -0.862. The van der Waals surface area contributed by atoms with Gasteiger partial charge in [0.2, 0.25) is 0 Å². The van der Waals surface area contributed by atoms with Crippen molar-refractivity contribution in [2.75, 3.05) is 6.61 Å². The summed E-state index contributed by atoms with van der Waals surface area (Å²) in [6.45, 7) is 4.62. The molecule has 0 saturated heterocycles. The van der Waals surface area contributed by atoms with Gasteiger partial charge < -0.3 is 15.3 Å². The molecule has 5 aliphatic carbocycles. The Morgan fingerprint density at radius 1 is 1.21 bits per heavy atom. The normalized spacial score (nSPS) is 61.3. The number of hydrogen-bond acceptors (Lipinski definition) is 3. The van der Waals surface area contributed by atoms with Crippen LogP contribution in [0, 0.1) is 40.4 Å². The summed E-state index contributed by atoms with van der Waals surface area (Å²) in [6, 6.07) is 0. The average Bonchev–Trinajstić information content (AvgIpc) is 3.19. The third-order valence-electron chi connectivity index (χ3n) is 9.43. The van der Waals surface area contributed by atoms with Crippen LogP contribution >= 0.6 is 0 Å². The number of aliphatic hydroxyl groups excluding tert-OH is 2. The van der Waals surface area contributed by atoms with Crippen LogP contribution in [0.5, 0.6) is 0 Å². The zero-order chi connectivity index (χ0) is 16.9. The standard InChI is InChI=1S/C21H32O3/c1-12-7-13-8-15(23)3-4-16(13)17-5-6-19(2)20(24,11-22)9-14-10-21(14,19)18(12)17/h8,12,14-18,22-24H,3-7,9-11H2,1-2H3/t12-,14-,15-,16+,17-,18-,19-,20+,21-/m1/s1. The summed E-state index contributed by atoms with van der Waals surface area (Å²) < 4.78 is 0. The summed E-state index contributed by atoms with van der Waals surface area (Å²) in [4.78, 5) is 0. The second kappa shape index (κ2) is 4.66. The van der Waals surface area contributed by atoms with Gasteiger partial charge >= 0.3 is 0 Å². The third-order valence-corrected chi connectivity index (χ3v) is 9.43. The molecule has 0 heterocycles. The maximum atomic E-state index is 11.2. The molecule has 1 spiro atoms. The zero-order valence-corrected chi connectivity index (χ0v) is 15.0. The van der Waals surface area contributed by atoms with E-state index in [1.807, 2.05) is 0 Å². The van der Waals surface area contributed by atoms with Crippen molar-refractivity contribution in [1.82, 2.24) is 0 Å². The van der Waals surface area contributed by atoms with E-state index in [9.17, 15) is 15.3 Å². The Morgan fingerprint density at radius 2 is 2.00 bits per heavy atom. The summed E-state index contributed by atoms with van der Waals surface area (Å²) in [5, 5.41) is 31.2. The summed E-state index contributed by atoms with van der Waals surface area (Å²) in [6.07, 6.45) is 9.43. The summed E-state index contributed by atoms with van der Waals surface area (Å²) >= 11 is 0. The van der Waals surface area contributed by atoms with Gasteiger partial charge in [-0.1, -0.05) is 25.5 Å². The minimum absolute atomic E-state index is 0.0751. The van der Waals surface area contributed by atoms with Gasteiger partial charge in [0, 0.05) is 5.41 Å². The number of rotatable bonds is 1. The van der Waals surface area contributed by atoms with Crippen molar-refractivity contribution >= 4 is 0 Å². The van der Waals surface area contributed by atoms with Crippen molar-refractivity contribution in [3.8, 4) is 0 Å². The van der Waals surface area contributed by atoms with Crippen LogP contribution in [-0.4, -0.2) is 33.6 Å². The Hall–Kier alpha value is -0.380. The van der Waals surface area contributed by atoms with Gasteiger partial charge in [-0.25, -0.2) is 0 Å². The maximum Gasteiger partial charge on any atom is 0.0938 e. The molecule has 0 bridgehead atoms. The Bertz CT molecular complexity index is 600. The van der Waals surface area contributed by atoms with Crippen molar-refractivity contribution in [3.05, 3.63) is 11.6 Å². The average molecular weight is 332 g/mol. The highest BCUT2D eigenvalue weighted by Gasteiger charge is 2.81. The number of hydrogen-bond donors (Lipinski definition) is 3. The lowest BCUT2D eigenvalue weighted by molar-refractivity contribution is -0.169. The lowest BCUT2D eigenvalue weighted by Crippen LogP contribution is -2.58. The predicted octanol–water partition coefficient (Wildman–Crippen LogP) is 2.89. The molecule has 3 heteroatoms. The molecule has 9 atom stereocenters. The highest BCUT2D eigenvalue weighted by atomic mass is 16.3. The van der Waals surface area contributed by atoms with Crippen LogP contribution < -0.4 is 0 Å². The van der Waals surface area contributed by atoms with E-state index >= 15 is 0 Å². The van der Waals surface area contributed by atoms with Gasteiger partial charge in [-0.15, -0.1) is 0 Å². The van der Waals surface area contributed by atoms with E-state index < -0.39 is 5.60 Å². The Morgan fingerprint density at radius 3 is 2.75 bits per heavy atom. The molecule has 3 N–H and O–H groups in total. The molecule has 24 heavy (non-hydrogen) atoms. The van der Waals surface area contributed by atoms with Crippen molar-refractivity contribution in [2.24, 2.45) is 40.4 Å². The van der Waals surface area contributed by atoms with Gasteiger partial charge in [0.15, 0.2) is 0 Å². The lowest BCUT2D eigenvalue weighted by atomic mass is 9.46. The molecule has 4 saturated carbocycles. The van der Waals surface area contributed by atoms with Crippen molar-refractivity contribution in [3.63, 3.8) is 0 Å². The van der Waals surface area contributed by atoms with Gasteiger partial charge in [0.25, 0.3) is 0 Å². The Kier molecular flexibility index (Phi) is 3.08. The first-order chi connectivity index (χ1) is 11.4. The molecule has 0 radical (unpaired) electrons. The molecule has 5 rings (SSSR count). The fourth-order valence-corrected chi connectivity index (χ4v) is 8.42. The van der Waals surface area contributed by atoms with E-state index in [1.54, 1.807) is 0 Å². The molecule has 4 fully saturated rings. The fraction of sp³-hybridized carbons (Fsp3) is 0.905. The molecule has 134 valence electrons. The first-order valence-electron chi connectivity index (χ1n) is 10.1. The molecule has 0 aromatic carbocycles. The molecule has 0 aliphatic heterocycles. The number of aliphatic hydroxyl groups is 3. The van der Waals surface area contributed by atoms with Gasteiger partial charge in [0.05, 0.1) is 18.3 Å². The minimum Gasteiger partial charge on any atom is -0.393 e. The van der Waals surface area contributed by atoms with Crippen molar-refractivity contribution < 1.29 is 15.3 Å². The molecular formula is C21H32O3. The van der Waals surface area contributed by atoms with E-state index in [4.69, 9.17) is 0 Å². The van der Waals surface area contributed by atoms with Crippen molar-refractivity contribution in [1.29, 1.82) is 0 Å². The highest BCUT2D eigenvalue weighted by Crippen LogP contribution is 2.84. The smallest absolute Gasteiger partial charge is 0.0938 e. The number of fused-ring (bicyclic) bond motifs is 3. The van der Waals surface area contributed by atoms with E-state index in [0.29, 0.717) is 23.7 Å². The topological polar surface area (TPSA) is 60.7 Å². The van der Waals surface area contributed by atoms with E-state index in [1.165, 1.54) is 18.4 Å². The quantitative estimate of drug-likeness (QED) is 0.647. The third kappa shape index (κ3) is 1.61. The largest absolute Gasteiger partial charge is 0.393 e. The highest BCUT2D eigenvalue weighted by molar-refractivity contribution is 5.32. The number of allylic oxidation sites excluding steroid dienone is 1. The summed E-state index contributed by atoms with van der Waals surface area (Å²) in [7, 11) is 0. The van der Waals surface area contributed by atoms with E-state index in [0.717, 1.165) is 38.0 Å². The first kappa shape index (κ1) is 15.8. The van der Waals surface area contributed by atoms with Crippen LogP contribution in [-0.2, 0) is 0 Å². The summed E-state index contributed by atoms with van der Waals surface area (Å²) in [5.74, 6) is 3.34. The second-order valence-corrected chi connectivity index (χ2v) is 10.1. The molecule has 0 unspecified atom stereocenters.